The molecule has 0 radical (unpaired) electrons. The van der Waals surface area contributed by atoms with E-state index in [0.717, 1.165) is 5.56 Å². The highest BCUT2D eigenvalue weighted by molar-refractivity contribution is 5.79. The standard InChI is InChI=1S/C13H20N2O3/c1-3-11(13(15)16)18-12-8-10(17-2)5-4-9(12)6-7-14/h4-5,8,11H,3,6-7,14H2,1-2H3,(H2,15,16). The van der Waals surface area contributed by atoms with Crippen LogP contribution in [0.3, 0.4) is 0 Å². The topological polar surface area (TPSA) is 87.6 Å². The molecule has 1 rings (SSSR count). The summed E-state index contributed by atoms with van der Waals surface area (Å²) in [7, 11) is 1.58. The number of nitrogens with two attached hydrogens (primary N) is 2. The van der Waals surface area contributed by atoms with E-state index in [1.165, 1.54) is 0 Å². The number of carbonyl (C=O) groups excluding carboxylic acids is 1. The second kappa shape index (κ2) is 6.86. The van der Waals surface area contributed by atoms with Crippen molar-refractivity contribution < 1.29 is 14.3 Å². The van der Waals surface area contributed by atoms with Crippen LogP contribution in [0.5, 0.6) is 11.5 Å². The first-order valence-corrected chi connectivity index (χ1v) is 5.95. The van der Waals surface area contributed by atoms with Crippen LogP contribution >= 0.6 is 0 Å². The van der Waals surface area contributed by atoms with E-state index >= 15 is 0 Å². The predicted octanol–water partition coefficient (Wildman–Crippen LogP) is 0.839. The van der Waals surface area contributed by atoms with Crippen molar-refractivity contribution in [3.8, 4) is 11.5 Å². The molecule has 18 heavy (non-hydrogen) atoms. The van der Waals surface area contributed by atoms with Gasteiger partial charge in [-0.15, -0.1) is 0 Å². The van der Waals surface area contributed by atoms with Gasteiger partial charge in [-0.3, -0.25) is 4.79 Å². The lowest BCUT2D eigenvalue weighted by Crippen LogP contribution is -2.33. The number of methoxy groups -OCH3 is 1. The van der Waals surface area contributed by atoms with Gasteiger partial charge in [-0.05, 0) is 31.0 Å². The SMILES string of the molecule is CCC(Oc1cc(OC)ccc1CCN)C(N)=O. The number of rotatable bonds is 7. The Balaban J connectivity index is 2.98. The first-order chi connectivity index (χ1) is 8.62. The van der Waals surface area contributed by atoms with Gasteiger partial charge in [0.1, 0.15) is 11.5 Å². The Morgan fingerprint density at radius 2 is 2.17 bits per heavy atom. The van der Waals surface area contributed by atoms with Crippen LogP contribution in [0.1, 0.15) is 18.9 Å². The highest BCUT2D eigenvalue weighted by Crippen LogP contribution is 2.26. The van der Waals surface area contributed by atoms with Crippen LogP contribution in [0, 0.1) is 0 Å². The third-order valence-electron chi connectivity index (χ3n) is 2.65. The van der Waals surface area contributed by atoms with Crippen LogP contribution in [-0.4, -0.2) is 25.7 Å². The Morgan fingerprint density at radius 3 is 2.67 bits per heavy atom. The molecule has 0 aliphatic rings. The molecule has 1 unspecified atom stereocenters. The Labute approximate surface area is 107 Å². The van der Waals surface area contributed by atoms with Gasteiger partial charge in [-0.1, -0.05) is 13.0 Å². The molecule has 4 N–H and O–H groups in total. The van der Waals surface area contributed by atoms with E-state index in [-0.39, 0.29) is 0 Å². The van der Waals surface area contributed by atoms with E-state index in [1.807, 2.05) is 19.1 Å². The summed E-state index contributed by atoms with van der Waals surface area (Å²) < 4.78 is 10.8. The molecule has 0 spiro atoms. The number of amides is 1. The summed E-state index contributed by atoms with van der Waals surface area (Å²) in [5.74, 6) is 0.801. The van der Waals surface area contributed by atoms with Crippen molar-refractivity contribution in [3.63, 3.8) is 0 Å². The normalized spacial score (nSPS) is 11.9. The van der Waals surface area contributed by atoms with E-state index in [0.29, 0.717) is 30.9 Å². The Bertz CT molecular complexity index is 407. The predicted molar refractivity (Wildman–Crippen MR) is 69.7 cm³/mol. The van der Waals surface area contributed by atoms with E-state index in [1.54, 1.807) is 13.2 Å². The lowest BCUT2D eigenvalue weighted by Gasteiger charge is -2.17. The van der Waals surface area contributed by atoms with Crippen LogP contribution in [0.15, 0.2) is 18.2 Å². The van der Waals surface area contributed by atoms with Gasteiger partial charge >= 0.3 is 0 Å². The van der Waals surface area contributed by atoms with Gasteiger partial charge in [0.05, 0.1) is 7.11 Å². The first-order valence-electron chi connectivity index (χ1n) is 5.95. The molecule has 5 heteroatoms. The maximum Gasteiger partial charge on any atom is 0.258 e. The molecule has 0 bridgehead atoms. The second-order valence-corrected chi connectivity index (χ2v) is 3.93. The summed E-state index contributed by atoms with van der Waals surface area (Å²) in [5.41, 5.74) is 11.8. The molecular weight excluding hydrogens is 232 g/mol. The summed E-state index contributed by atoms with van der Waals surface area (Å²) in [6.45, 7) is 2.36. The zero-order valence-corrected chi connectivity index (χ0v) is 10.8. The van der Waals surface area contributed by atoms with Crippen LogP contribution < -0.4 is 20.9 Å². The highest BCUT2D eigenvalue weighted by Gasteiger charge is 2.16. The van der Waals surface area contributed by atoms with E-state index in [2.05, 4.69) is 0 Å². The molecule has 0 aromatic heterocycles. The van der Waals surface area contributed by atoms with Gasteiger partial charge in [0.25, 0.3) is 5.91 Å². The number of carbonyl (C=O) groups is 1. The first kappa shape index (κ1) is 14.3. The molecule has 0 saturated heterocycles. The van der Waals surface area contributed by atoms with Crippen LogP contribution in [0.4, 0.5) is 0 Å². The Kier molecular flexibility index (Phi) is 5.45. The third-order valence-corrected chi connectivity index (χ3v) is 2.65. The Hall–Kier alpha value is -1.75. The minimum Gasteiger partial charge on any atom is -0.497 e. The Morgan fingerprint density at radius 1 is 1.44 bits per heavy atom. The highest BCUT2D eigenvalue weighted by atomic mass is 16.5. The molecule has 5 nitrogen and oxygen atoms in total. The molecule has 0 fully saturated rings. The van der Waals surface area contributed by atoms with E-state index in [4.69, 9.17) is 20.9 Å². The fourth-order valence-corrected chi connectivity index (χ4v) is 1.63. The molecule has 1 atom stereocenters. The number of benzene rings is 1. The lowest BCUT2D eigenvalue weighted by atomic mass is 10.1. The lowest BCUT2D eigenvalue weighted by molar-refractivity contribution is -0.124. The molecular formula is C13H20N2O3. The van der Waals surface area contributed by atoms with Gasteiger partial charge in [0.15, 0.2) is 6.10 Å². The zero-order valence-electron chi connectivity index (χ0n) is 10.8. The number of hydrogen-bond donors (Lipinski definition) is 2. The van der Waals surface area contributed by atoms with Crippen molar-refractivity contribution in [2.45, 2.75) is 25.9 Å². The quantitative estimate of drug-likeness (QED) is 0.752. The minimum atomic E-state index is -0.631. The monoisotopic (exact) mass is 252 g/mol. The van der Waals surface area contributed by atoms with Crippen LogP contribution in [-0.2, 0) is 11.2 Å². The van der Waals surface area contributed by atoms with Crippen LogP contribution in [0.2, 0.25) is 0 Å². The molecule has 0 aliphatic heterocycles. The fourth-order valence-electron chi connectivity index (χ4n) is 1.63. The summed E-state index contributed by atoms with van der Waals surface area (Å²) in [6, 6.07) is 5.47. The molecule has 1 aromatic carbocycles. The average molecular weight is 252 g/mol. The average Bonchev–Trinajstić information content (AvgIpc) is 2.37. The third kappa shape index (κ3) is 3.63. The largest absolute Gasteiger partial charge is 0.497 e. The molecule has 0 aliphatic carbocycles. The van der Waals surface area contributed by atoms with Crippen molar-refractivity contribution in [2.24, 2.45) is 11.5 Å². The fraction of sp³-hybridized carbons (Fsp3) is 0.462. The van der Waals surface area contributed by atoms with Crippen molar-refractivity contribution in [1.29, 1.82) is 0 Å². The smallest absolute Gasteiger partial charge is 0.258 e. The maximum atomic E-state index is 11.2. The van der Waals surface area contributed by atoms with Gasteiger partial charge in [-0.2, -0.15) is 0 Å². The van der Waals surface area contributed by atoms with Gasteiger partial charge in [-0.25, -0.2) is 0 Å². The summed E-state index contributed by atoms with van der Waals surface area (Å²) in [4.78, 5) is 11.2. The zero-order chi connectivity index (χ0) is 13.5. The molecule has 1 aromatic rings. The van der Waals surface area contributed by atoms with Gasteiger partial charge in [0.2, 0.25) is 0 Å². The maximum absolute atomic E-state index is 11.2. The van der Waals surface area contributed by atoms with E-state index in [9.17, 15) is 4.79 Å². The summed E-state index contributed by atoms with van der Waals surface area (Å²) in [5, 5.41) is 0. The van der Waals surface area contributed by atoms with Crippen LogP contribution in [0.25, 0.3) is 0 Å². The number of ether oxygens (including phenoxy) is 2. The van der Waals surface area contributed by atoms with Crippen molar-refractivity contribution in [1.82, 2.24) is 0 Å². The van der Waals surface area contributed by atoms with Gasteiger partial charge in [0, 0.05) is 6.07 Å². The van der Waals surface area contributed by atoms with Gasteiger partial charge < -0.3 is 20.9 Å². The number of primary amides is 1. The molecule has 1 amide bonds. The molecule has 0 saturated carbocycles. The van der Waals surface area contributed by atoms with E-state index < -0.39 is 12.0 Å². The number of hydrogen-bond acceptors (Lipinski definition) is 4. The molecule has 0 heterocycles. The second-order valence-electron chi connectivity index (χ2n) is 3.93. The van der Waals surface area contributed by atoms with Crippen molar-refractivity contribution >= 4 is 5.91 Å². The molecule has 100 valence electrons. The summed E-state index contributed by atoms with van der Waals surface area (Å²) >= 11 is 0. The van der Waals surface area contributed by atoms with Crippen molar-refractivity contribution in [2.75, 3.05) is 13.7 Å². The minimum absolute atomic E-state index is 0.473. The van der Waals surface area contributed by atoms with Crippen molar-refractivity contribution in [3.05, 3.63) is 23.8 Å². The summed E-state index contributed by atoms with van der Waals surface area (Å²) in [6.07, 6.45) is 0.567.